The molecule has 2 heterocycles. The number of nitrogens with zero attached hydrogens (tertiary/aromatic N) is 3. The SMILES string of the molecule is CCc1nnc(CN(CC(C)C)CC2CCCN2)o1. The molecule has 1 aliphatic rings. The van der Waals surface area contributed by atoms with Crippen LogP contribution in [0.5, 0.6) is 0 Å². The molecule has 0 radical (unpaired) electrons. The lowest BCUT2D eigenvalue weighted by Gasteiger charge is -2.25. The fourth-order valence-corrected chi connectivity index (χ4v) is 2.63. The highest BCUT2D eigenvalue weighted by Gasteiger charge is 2.20. The summed E-state index contributed by atoms with van der Waals surface area (Å²) in [5.41, 5.74) is 0. The lowest BCUT2D eigenvalue weighted by atomic mass is 10.1. The summed E-state index contributed by atoms with van der Waals surface area (Å²) in [6, 6.07) is 0.618. The van der Waals surface area contributed by atoms with Crippen LogP contribution in [0.15, 0.2) is 4.42 Å². The van der Waals surface area contributed by atoms with Gasteiger partial charge in [-0.1, -0.05) is 20.8 Å². The molecule has 0 spiro atoms. The zero-order chi connectivity index (χ0) is 13.7. The van der Waals surface area contributed by atoms with E-state index in [-0.39, 0.29) is 0 Å². The first-order valence-corrected chi connectivity index (χ1v) is 7.44. The second kappa shape index (κ2) is 7.01. The van der Waals surface area contributed by atoms with Crippen molar-refractivity contribution in [3.05, 3.63) is 11.8 Å². The van der Waals surface area contributed by atoms with Crippen molar-refractivity contribution in [1.29, 1.82) is 0 Å². The average Bonchev–Trinajstić information content (AvgIpc) is 2.99. The van der Waals surface area contributed by atoms with Crippen LogP contribution >= 0.6 is 0 Å². The predicted molar refractivity (Wildman–Crippen MR) is 74.8 cm³/mol. The molecule has 108 valence electrons. The fourth-order valence-electron chi connectivity index (χ4n) is 2.63. The molecule has 5 nitrogen and oxygen atoms in total. The van der Waals surface area contributed by atoms with Gasteiger partial charge in [-0.3, -0.25) is 4.90 Å². The van der Waals surface area contributed by atoms with Gasteiger partial charge in [-0.25, -0.2) is 0 Å². The Bertz CT molecular complexity index is 371. The fraction of sp³-hybridized carbons (Fsp3) is 0.857. The van der Waals surface area contributed by atoms with Crippen LogP contribution in [-0.4, -0.2) is 40.8 Å². The van der Waals surface area contributed by atoms with Gasteiger partial charge in [0.25, 0.3) is 0 Å². The van der Waals surface area contributed by atoms with Crippen molar-refractivity contribution in [1.82, 2.24) is 20.4 Å². The van der Waals surface area contributed by atoms with E-state index in [0.29, 0.717) is 12.0 Å². The minimum Gasteiger partial charge on any atom is -0.424 e. The number of hydrogen-bond donors (Lipinski definition) is 1. The van der Waals surface area contributed by atoms with E-state index in [1.165, 1.54) is 12.8 Å². The van der Waals surface area contributed by atoms with Gasteiger partial charge in [0.15, 0.2) is 0 Å². The summed E-state index contributed by atoms with van der Waals surface area (Å²) in [6.07, 6.45) is 3.38. The van der Waals surface area contributed by atoms with E-state index in [2.05, 4.69) is 34.3 Å². The standard InChI is InChI=1S/C14H26N4O/c1-4-13-16-17-14(19-13)10-18(8-11(2)3)9-12-6-5-7-15-12/h11-12,15H,4-10H2,1-3H3. The Hall–Kier alpha value is -0.940. The van der Waals surface area contributed by atoms with E-state index in [0.717, 1.165) is 44.4 Å². The highest BCUT2D eigenvalue weighted by Crippen LogP contribution is 2.12. The lowest BCUT2D eigenvalue weighted by molar-refractivity contribution is 0.196. The molecule has 0 aliphatic carbocycles. The molecule has 1 aromatic rings. The zero-order valence-corrected chi connectivity index (χ0v) is 12.4. The van der Waals surface area contributed by atoms with Crippen LogP contribution in [0.2, 0.25) is 0 Å². The number of hydrogen-bond acceptors (Lipinski definition) is 5. The van der Waals surface area contributed by atoms with E-state index in [1.54, 1.807) is 0 Å². The molecule has 19 heavy (non-hydrogen) atoms. The van der Waals surface area contributed by atoms with Crippen molar-refractivity contribution >= 4 is 0 Å². The molecule has 5 heteroatoms. The van der Waals surface area contributed by atoms with Crippen LogP contribution in [0.4, 0.5) is 0 Å². The van der Waals surface area contributed by atoms with Gasteiger partial charge in [0.05, 0.1) is 6.54 Å². The zero-order valence-electron chi connectivity index (χ0n) is 12.4. The first-order valence-electron chi connectivity index (χ1n) is 7.44. The highest BCUT2D eigenvalue weighted by atomic mass is 16.4. The molecule has 1 saturated heterocycles. The molecule has 1 N–H and O–H groups in total. The van der Waals surface area contributed by atoms with Crippen LogP contribution in [0.1, 0.15) is 45.4 Å². The predicted octanol–water partition coefficient (Wildman–Crippen LogP) is 1.84. The maximum Gasteiger partial charge on any atom is 0.230 e. The molecule has 0 aromatic carbocycles. The Kier molecular flexibility index (Phi) is 5.34. The van der Waals surface area contributed by atoms with Gasteiger partial charge in [-0.15, -0.1) is 10.2 Å². The molecule has 1 fully saturated rings. The molecule has 1 aromatic heterocycles. The number of nitrogens with one attached hydrogen (secondary N) is 1. The molecule has 0 amide bonds. The Morgan fingerprint density at radius 2 is 2.16 bits per heavy atom. The van der Waals surface area contributed by atoms with Crippen LogP contribution < -0.4 is 5.32 Å². The molecular formula is C14H26N4O. The van der Waals surface area contributed by atoms with Crippen molar-refractivity contribution in [2.45, 2.75) is 52.6 Å². The van der Waals surface area contributed by atoms with Crippen molar-refractivity contribution in [3.8, 4) is 0 Å². The topological polar surface area (TPSA) is 54.2 Å². The van der Waals surface area contributed by atoms with Crippen LogP contribution in [-0.2, 0) is 13.0 Å². The van der Waals surface area contributed by atoms with E-state index < -0.39 is 0 Å². The third-order valence-electron chi connectivity index (χ3n) is 3.43. The van der Waals surface area contributed by atoms with Crippen LogP contribution in [0.25, 0.3) is 0 Å². The molecule has 0 saturated carbocycles. The van der Waals surface area contributed by atoms with Gasteiger partial charge >= 0.3 is 0 Å². The minimum absolute atomic E-state index is 0.618. The van der Waals surface area contributed by atoms with Crippen molar-refractivity contribution in [2.24, 2.45) is 5.92 Å². The summed E-state index contributed by atoms with van der Waals surface area (Å²) in [7, 11) is 0. The van der Waals surface area contributed by atoms with Crippen molar-refractivity contribution in [3.63, 3.8) is 0 Å². The van der Waals surface area contributed by atoms with Gasteiger partial charge in [0, 0.05) is 25.6 Å². The third-order valence-corrected chi connectivity index (χ3v) is 3.43. The summed E-state index contributed by atoms with van der Waals surface area (Å²) in [6.45, 7) is 10.6. The Labute approximate surface area is 115 Å². The molecule has 2 rings (SSSR count). The largest absolute Gasteiger partial charge is 0.424 e. The summed E-state index contributed by atoms with van der Waals surface area (Å²) in [4.78, 5) is 2.43. The first-order chi connectivity index (χ1) is 9.17. The van der Waals surface area contributed by atoms with Gasteiger partial charge in [-0.05, 0) is 25.3 Å². The van der Waals surface area contributed by atoms with E-state index in [4.69, 9.17) is 4.42 Å². The normalized spacial score (nSPS) is 19.7. The maximum atomic E-state index is 5.63. The highest BCUT2D eigenvalue weighted by molar-refractivity contribution is 4.84. The smallest absolute Gasteiger partial charge is 0.230 e. The number of aromatic nitrogens is 2. The molecule has 1 aliphatic heterocycles. The van der Waals surface area contributed by atoms with Gasteiger partial charge in [0.1, 0.15) is 0 Å². The Morgan fingerprint density at radius 1 is 1.37 bits per heavy atom. The molecule has 0 bridgehead atoms. The minimum atomic E-state index is 0.618. The second-order valence-corrected chi connectivity index (χ2v) is 5.82. The molecule has 1 unspecified atom stereocenters. The Morgan fingerprint density at radius 3 is 2.74 bits per heavy atom. The second-order valence-electron chi connectivity index (χ2n) is 5.82. The lowest BCUT2D eigenvalue weighted by Crippen LogP contribution is -2.39. The monoisotopic (exact) mass is 266 g/mol. The summed E-state index contributed by atoms with van der Waals surface area (Å²) < 4.78 is 5.63. The Balaban J connectivity index is 1.91. The summed E-state index contributed by atoms with van der Waals surface area (Å²) in [5.74, 6) is 2.13. The molecular weight excluding hydrogens is 240 g/mol. The number of rotatable bonds is 7. The third kappa shape index (κ3) is 4.58. The van der Waals surface area contributed by atoms with Crippen LogP contribution in [0.3, 0.4) is 0 Å². The van der Waals surface area contributed by atoms with Gasteiger partial charge < -0.3 is 9.73 Å². The summed E-state index contributed by atoms with van der Waals surface area (Å²) in [5, 5.41) is 11.7. The number of aryl methyl sites for hydroxylation is 1. The van der Waals surface area contributed by atoms with Crippen molar-refractivity contribution in [2.75, 3.05) is 19.6 Å². The van der Waals surface area contributed by atoms with Crippen LogP contribution in [0, 0.1) is 5.92 Å². The first kappa shape index (κ1) is 14.5. The molecule has 1 atom stereocenters. The van der Waals surface area contributed by atoms with Gasteiger partial charge in [-0.2, -0.15) is 0 Å². The maximum absolute atomic E-state index is 5.63. The van der Waals surface area contributed by atoms with E-state index in [9.17, 15) is 0 Å². The average molecular weight is 266 g/mol. The van der Waals surface area contributed by atoms with E-state index >= 15 is 0 Å². The van der Waals surface area contributed by atoms with E-state index in [1.807, 2.05) is 6.92 Å². The quantitative estimate of drug-likeness (QED) is 0.816. The van der Waals surface area contributed by atoms with Crippen molar-refractivity contribution < 1.29 is 4.42 Å². The van der Waals surface area contributed by atoms with Gasteiger partial charge in [0.2, 0.25) is 11.8 Å². The summed E-state index contributed by atoms with van der Waals surface area (Å²) >= 11 is 0.